The lowest BCUT2D eigenvalue weighted by atomic mass is 10.2. The van der Waals surface area contributed by atoms with Crippen LogP contribution in [0.3, 0.4) is 0 Å². The van der Waals surface area contributed by atoms with Gasteiger partial charge in [0.25, 0.3) is 0 Å². The summed E-state index contributed by atoms with van der Waals surface area (Å²) in [6, 6.07) is 5.50. The molecule has 0 amide bonds. The number of ether oxygens (including phenoxy) is 1. The molecule has 0 aliphatic heterocycles. The van der Waals surface area contributed by atoms with Crippen molar-refractivity contribution < 1.29 is 4.74 Å². The molecule has 6 nitrogen and oxygen atoms in total. The molecule has 17 heavy (non-hydrogen) atoms. The van der Waals surface area contributed by atoms with Gasteiger partial charge in [0.2, 0.25) is 0 Å². The Morgan fingerprint density at radius 1 is 1.53 bits per heavy atom. The molecule has 0 atom stereocenters. The Morgan fingerprint density at radius 2 is 2.29 bits per heavy atom. The van der Waals surface area contributed by atoms with Gasteiger partial charge in [-0.2, -0.15) is 4.98 Å². The molecule has 0 fully saturated rings. The summed E-state index contributed by atoms with van der Waals surface area (Å²) in [6.45, 7) is 0. The van der Waals surface area contributed by atoms with Crippen molar-refractivity contribution in [1.29, 1.82) is 5.41 Å². The number of nitrogens with one attached hydrogen (secondary N) is 1. The van der Waals surface area contributed by atoms with Crippen LogP contribution in [0.4, 0.5) is 0 Å². The lowest BCUT2D eigenvalue weighted by molar-refractivity contribution is 0.437. The standard InChI is InChI=1S/C10H10BrN5O/c1-16-5-14-10(15-16)17-7-4-2-3-6(11)8(7)9(12)13/h2-5H,1H3,(H3,12,13). The highest BCUT2D eigenvalue weighted by Gasteiger charge is 2.13. The number of aryl methyl sites for hydroxylation is 1. The molecule has 0 radical (unpaired) electrons. The zero-order valence-corrected chi connectivity index (χ0v) is 10.6. The van der Waals surface area contributed by atoms with E-state index in [0.717, 1.165) is 0 Å². The fourth-order valence-corrected chi connectivity index (χ4v) is 1.88. The molecule has 7 heteroatoms. The third-order valence-corrected chi connectivity index (χ3v) is 2.69. The minimum absolute atomic E-state index is 0.0802. The van der Waals surface area contributed by atoms with E-state index in [9.17, 15) is 0 Å². The maximum absolute atomic E-state index is 7.51. The van der Waals surface area contributed by atoms with Gasteiger partial charge in [-0.25, -0.2) is 0 Å². The van der Waals surface area contributed by atoms with Crippen LogP contribution >= 0.6 is 15.9 Å². The van der Waals surface area contributed by atoms with Gasteiger partial charge in [0.15, 0.2) is 0 Å². The van der Waals surface area contributed by atoms with Crippen molar-refractivity contribution in [2.45, 2.75) is 0 Å². The van der Waals surface area contributed by atoms with E-state index in [4.69, 9.17) is 15.9 Å². The van der Waals surface area contributed by atoms with E-state index in [2.05, 4.69) is 26.0 Å². The summed E-state index contributed by atoms with van der Waals surface area (Å²) in [5, 5.41) is 11.5. The first-order valence-electron chi connectivity index (χ1n) is 4.74. The monoisotopic (exact) mass is 295 g/mol. The van der Waals surface area contributed by atoms with Gasteiger partial charge in [0.05, 0.1) is 5.56 Å². The number of aromatic nitrogens is 3. The first-order chi connectivity index (χ1) is 8.08. The normalized spacial score (nSPS) is 10.2. The molecular weight excluding hydrogens is 286 g/mol. The van der Waals surface area contributed by atoms with Gasteiger partial charge in [-0.1, -0.05) is 6.07 Å². The Balaban J connectivity index is 2.39. The topological polar surface area (TPSA) is 89.8 Å². The summed E-state index contributed by atoms with van der Waals surface area (Å²) >= 11 is 3.32. The number of nitrogens with two attached hydrogens (primary N) is 1. The number of nitrogens with zero attached hydrogens (tertiary/aromatic N) is 3. The Hall–Kier alpha value is -1.89. The van der Waals surface area contributed by atoms with Crippen LogP contribution in [0, 0.1) is 5.41 Å². The fourth-order valence-electron chi connectivity index (χ4n) is 1.32. The smallest absolute Gasteiger partial charge is 0.341 e. The molecule has 1 aromatic carbocycles. The summed E-state index contributed by atoms with van der Waals surface area (Å²) in [4.78, 5) is 3.94. The van der Waals surface area contributed by atoms with Crippen molar-refractivity contribution in [1.82, 2.24) is 14.8 Å². The predicted octanol–water partition coefficient (Wildman–Crippen LogP) is 1.65. The lowest BCUT2D eigenvalue weighted by Gasteiger charge is -2.08. The van der Waals surface area contributed by atoms with Crippen LogP contribution in [0.25, 0.3) is 0 Å². The van der Waals surface area contributed by atoms with Crippen LogP contribution in [0.2, 0.25) is 0 Å². The maximum Gasteiger partial charge on any atom is 0.341 e. The molecule has 88 valence electrons. The van der Waals surface area contributed by atoms with E-state index in [0.29, 0.717) is 15.8 Å². The first kappa shape index (κ1) is 11.6. The van der Waals surface area contributed by atoms with E-state index in [1.165, 1.54) is 11.0 Å². The zero-order chi connectivity index (χ0) is 12.4. The van der Waals surface area contributed by atoms with Crippen molar-refractivity contribution in [3.63, 3.8) is 0 Å². The minimum atomic E-state index is -0.0802. The van der Waals surface area contributed by atoms with Gasteiger partial charge >= 0.3 is 6.01 Å². The quantitative estimate of drug-likeness (QED) is 0.665. The highest BCUT2D eigenvalue weighted by molar-refractivity contribution is 9.10. The summed E-state index contributed by atoms with van der Waals surface area (Å²) < 4.78 is 7.70. The van der Waals surface area contributed by atoms with Crippen molar-refractivity contribution in [3.05, 3.63) is 34.6 Å². The number of rotatable bonds is 3. The van der Waals surface area contributed by atoms with Crippen molar-refractivity contribution in [2.75, 3.05) is 0 Å². The van der Waals surface area contributed by atoms with E-state index in [-0.39, 0.29) is 11.8 Å². The third-order valence-electron chi connectivity index (χ3n) is 2.02. The van der Waals surface area contributed by atoms with Crippen LogP contribution in [0.15, 0.2) is 29.0 Å². The second-order valence-electron chi connectivity index (χ2n) is 3.33. The average molecular weight is 296 g/mol. The summed E-state index contributed by atoms with van der Waals surface area (Å²) in [5.74, 6) is 0.362. The van der Waals surface area contributed by atoms with Gasteiger partial charge in [-0.05, 0) is 28.1 Å². The summed E-state index contributed by atoms with van der Waals surface area (Å²) in [7, 11) is 1.74. The van der Waals surface area contributed by atoms with E-state index in [1.54, 1.807) is 25.2 Å². The summed E-state index contributed by atoms with van der Waals surface area (Å²) in [5.41, 5.74) is 5.99. The molecule has 1 aromatic heterocycles. The molecule has 1 heterocycles. The molecule has 0 saturated carbocycles. The lowest BCUT2D eigenvalue weighted by Crippen LogP contribution is -2.13. The van der Waals surface area contributed by atoms with Gasteiger partial charge < -0.3 is 10.5 Å². The largest absolute Gasteiger partial charge is 0.422 e. The van der Waals surface area contributed by atoms with Crippen LogP contribution < -0.4 is 10.5 Å². The number of amidine groups is 1. The number of nitrogen functional groups attached to an aromatic ring is 1. The van der Waals surface area contributed by atoms with E-state index >= 15 is 0 Å². The Bertz CT molecular complexity index is 566. The first-order valence-corrected chi connectivity index (χ1v) is 5.53. The SMILES string of the molecule is Cn1cnc(Oc2cccc(Br)c2C(=N)N)n1. The number of benzene rings is 1. The number of hydrogen-bond acceptors (Lipinski definition) is 4. The molecule has 0 bridgehead atoms. The molecule has 0 aliphatic carbocycles. The highest BCUT2D eigenvalue weighted by atomic mass is 79.9. The van der Waals surface area contributed by atoms with Gasteiger partial charge in [0.1, 0.15) is 17.9 Å². The maximum atomic E-state index is 7.51. The number of hydrogen-bond donors (Lipinski definition) is 2. The van der Waals surface area contributed by atoms with E-state index in [1.807, 2.05) is 0 Å². The average Bonchev–Trinajstić information content (AvgIpc) is 2.63. The van der Waals surface area contributed by atoms with Gasteiger partial charge in [-0.15, -0.1) is 5.10 Å². The molecule has 0 saturated heterocycles. The molecule has 2 aromatic rings. The van der Waals surface area contributed by atoms with Crippen LogP contribution in [0.5, 0.6) is 11.8 Å². The second kappa shape index (κ2) is 4.54. The zero-order valence-electron chi connectivity index (χ0n) is 9.01. The van der Waals surface area contributed by atoms with Crippen LogP contribution in [-0.2, 0) is 7.05 Å². The van der Waals surface area contributed by atoms with Crippen molar-refractivity contribution >= 4 is 21.8 Å². The molecule has 2 rings (SSSR count). The molecular formula is C10H10BrN5O. The van der Waals surface area contributed by atoms with Crippen LogP contribution in [-0.4, -0.2) is 20.6 Å². The van der Waals surface area contributed by atoms with Gasteiger partial charge in [-0.3, -0.25) is 10.1 Å². The Labute approximate surface area is 106 Å². The Morgan fingerprint density at radius 3 is 2.88 bits per heavy atom. The highest BCUT2D eigenvalue weighted by Crippen LogP contribution is 2.28. The molecule has 3 N–H and O–H groups in total. The third kappa shape index (κ3) is 2.44. The molecule has 0 spiro atoms. The summed E-state index contributed by atoms with van der Waals surface area (Å²) in [6.07, 6.45) is 1.53. The van der Waals surface area contributed by atoms with Crippen molar-refractivity contribution in [3.8, 4) is 11.8 Å². The van der Waals surface area contributed by atoms with Crippen molar-refractivity contribution in [2.24, 2.45) is 12.8 Å². The van der Waals surface area contributed by atoms with Gasteiger partial charge in [0, 0.05) is 11.5 Å². The Kier molecular flexibility index (Phi) is 3.10. The minimum Gasteiger partial charge on any atom is -0.422 e. The molecule has 0 aliphatic rings. The van der Waals surface area contributed by atoms with Crippen LogP contribution in [0.1, 0.15) is 5.56 Å². The second-order valence-corrected chi connectivity index (χ2v) is 4.18. The number of halogens is 1. The predicted molar refractivity (Wildman–Crippen MR) is 66.2 cm³/mol. The molecule has 0 unspecified atom stereocenters. The fraction of sp³-hybridized carbons (Fsp3) is 0.100. The van der Waals surface area contributed by atoms with E-state index < -0.39 is 0 Å².